The van der Waals surface area contributed by atoms with Gasteiger partial charge in [0.15, 0.2) is 0 Å². The van der Waals surface area contributed by atoms with Gasteiger partial charge in [0.05, 0.1) is 7.11 Å². The molecule has 0 spiro atoms. The number of rotatable bonds is 23. The average molecular weight is 411 g/mol. The minimum Gasteiger partial charge on any atom is -0.469 e. The molecule has 0 rings (SSSR count). The summed E-state index contributed by atoms with van der Waals surface area (Å²) in [6.07, 6.45) is 29.9. The molecular weight excluding hydrogens is 356 g/mol. The molecule has 2 nitrogen and oxygen atoms in total. The minimum atomic E-state index is -0.0641. The van der Waals surface area contributed by atoms with Crippen LogP contribution in [0.4, 0.5) is 0 Å². The fourth-order valence-electron chi connectivity index (χ4n) is 4.23. The van der Waals surface area contributed by atoms with Gasteiger partial charge in [-0.3, -0.25) is 4.79 Å². The molecule has 0 aromatic carbocycles. The van der Waals surface area contributed by atoms with Gasteiger partial charge in [0.1, 0.15) is 0 Å². The Hall–Kier alpha value is -0.530. The smallest absolute Gasteiger partial charge is 0.305 e. The highest BCUT2D eigenvalue weighted by atomic mass is 16.5. The van der Waals surface area contributed by atoms with Crippen LogP contribution in [0.25, 0.3) is 0 Å². The maximum absolute atomic E-state index is 11.1. The van der Waals surface area contributed by atoms with Crippen molar-refractivity contribution in [1.82, 2.24) is 0 Å². The first kappa shape index (κ1) is 28.5. The zero-order chi connectivity index (χ0) is 21.4. The summed E-state index contributed by atoms with van der Waals surface area (Å²) >= 11 is 0. The van der Waals surface area contributed by atoms with Crippen molar-refractivity contribution < 1.29 is 9.53 Å². The lowest BCUT2D eigenvalue weighted by molar-refractivity contribution is -0.140. The topological polar surface area (TPSA) is 26.3 Å². The monoisotopic (exact) mass is 410 g/mol. The van der Waals surface area contributed by atoms with E-state index >= 15 is 0 Å². The van der Waals surface area contributed by atoms with Gasteiger partial charge in [-0.1, -0.05) is 142 Å². The Morgan fingerprint density at radius 2 is 0.931 bits per heavy atom. The summed E-state index contributed by atoms with van der Waals surface area (Å²) in [5.74, 6) is 0.745. The van der Waals surface area contributed by atoms with Crippen molar-refractivity contribution in [3.8, 4) is 0 Å². The number of hydrogen-bond acceptors (Lipinski definition) is 2. The van der Waals surface area contributed by atoms with Gasteiger partial charge in [0.2, 0.25) is 0 Å². The highest BCUT2D eigenvalue weighted by molar-refractivity contribution is 5.68. The number of ether oxygens (including phenoxy) is 1. The van der Waals surface area contributed by atoms with E-state index in [-0.39, 0.29) is 5.97 Å². The van der Waals surface area contributed by atoms with Crippen LogP contribution in [0.5, 0.6) is 0 Å². The van der Waals surface area contributed by atoms with Crippen molar-refractivity contribution >= 4 is 5.97 Å². The van der Waals surface area contributed by atoms with Gasteiger partial charge in [0.25, 0.3) is 0 Å². The molecule has 0 aliphatic carbocycles. The Kier molecular flexibility index (Phi) is 23.3. The second kappa shape index (κ2) is 23.7. The van der Waals surface area contributed by atoms with Crippen molar-refractivity contribution in [2.45, 2.75) is 155 Å². The van der Waals surface area contributed by atoms with Gasteiger partial charge in [-0.05, 0) is 12.3 Å². The van der Waals surface area contributed by atoms with Crippen molar-refractivity contribution in [3.05, 3.63) is 0 Å². The Balaban J connectivity index is 3.13. The molecule has 0 bridgehead atoms. The molecule has 0 unspecified atom stereocenters. The van der Waals surface area contributed by atoms with Crippen molar-refractivity contribution in [1.29, 1.82) is 0 Å². The van der Waals surface area contributed by atoms with Crippen LogP contribution in [-0.4, -0.2) is 13.1 Å². The fraction of sp³-hybridized carbons (Fsp3) is 0.963. The summed E-state index contributed by atoms with van der Waals surface area (Å²) in [6.45, 7) is 4.66. The number of hydrogen-bond donors (Lipinski definition) is 0. The van der Waals surface area contributed by atoms with Crippen LogP contribution >= 0.6 is 0 Å². The van der Waals surface area contributed by atoms with E-state index in [1.54, 1.807) is 0 Å². The summed E-state index contributed by atoms with van der Waals surface area (Å²) < 4.78 is 4.68. The summed E-state index contributed by atoms with van der Waals surface area (Å²) in [7, 11) is 1.48. The Morgan fingerprint density at radius 1 is 0.586 bits per heavy atom. The van der Waals surface area contributed by atoms with Gasteiger partial charge in [0, 0.05) is 6.42 Å². The van der Waals surface area contributed by atoms with Crippen LogP contribution in [0.15, 0.2) is 0 Å². The zero-order valence-electron chi connectivity index (χ0n) is 20.5. The van der Waals surface area contributed by atoms with E-state index in [1.165, 1.54) is 129 Å². The van der Waals surface area contributed by atoms with Crippen LogP contribution in [0, 0.1) is 5.92 Å². The molecule has 174 valence electrons. The van der Waals surface area contributed by atoms with Gasteiger partial charge >= 0.3 is 5.97 Å². The minimum absolute atomic E-state index is 0.0641. The average Bonchev–Trinajstić information content (AvgIpc) is 2.73. The van der Waals surface area contributed by atoms with E-state index < -0.39 is 0 Å². The van der Waals surface area contributed by atoms with Gasteiger partial charge < -0.3 is 4.74 Å². The highest BCUT2D eigenvalue weighted by Gasteiger charge is 2.04. The molecule has 29 heavy (non-hydrogen) atoms. The van der Waals surface area contributed by atoms with E-state index in [0.717, 1.165) is 18.8 Å². The summed E-state index contributed by atoms with van der Waals surface area (Å²) in [6, 6.07) is 0. The Morgan fingerprint density at radius 3 is 1.31 bits per heavy atom. The molecule has 0 heterocycles. The third-order valence-corrected chi connectivity index (χ3v) is 6.36. The highest BCUT2D eigenvalue weighted by Crippen LogP contribution is 2.18. The van der Waals surface area contributed by atoms with Crippen LogP contribution in [0.2, 0.25) is 0 Å². The van der Waals surface area contributed by atoms with Gasteiger partial charge in [-0.25, -0.2) is 0 Å². The number of methoxy groups -OCH3 is 1. The summed E-state index contributed by atoms with van der Waals surface area (Å²) in [5, 5.41) is 0. The molecule has 2 heteroatoms. The lowest BCUT2D eigenvalue weighted by Crippen LogP contribution is -2.00. The SMILES string of the molecule is CCCCCCCCCCCCCCCCCCC[C@H](C)CCCCC(=O)OC. The lowest BCUT2D eigenvalue weighted by atomic mass is 9.96. The van der Waals surface area contributed by atoms with Gasteiger partial charge in [-0.15, -0.1) is 0 Å². The van der Waals surface area contributed by atoms with E-state index in [9.17, 15) is 4.79 Å². The van der Waals surface area contributed by atoms with E-state index in [4.69, 9.17) is 0 Å². The Bertz CT molecular complexity index is 326. The quantitative estimate of drug-likeness (QED) is 0.124. The Labute approximate surface area is 184 Å². The number of carbonyl (C=O) groups is 1. The third-order valence-electron chi connectivity index (χ3n) is 6.36. The second-order valence-electron chi connectivity index (χ2n) is 9.37. The maximum Gasteiger partial charge on any atom is 0.305 e. The molecule has 0 saturated carbocycles. The predicted molar refractivity (Wildman–Crippen MR) is 128 cm³/mol. The van der Waals surface area contributed by atoms with E-state index in [0.29, 0.717) is 6.42 Å². The van der Waals surface area contributed by atoms with Crippen molar-refractivity contribution in [3.63, 3.8) is 0 Å². The number of esters is 1. The van der Waals surface area contributed by atoms with Crippen LogP contribution in [0.1, 0.15) is 155 Å². The number of carbonyl (C=O) groups excluding carboxylic acids is 1. The third kappa shape index (κ3) is 23.6. The van der Waals surface area contributed by atoms with Crippen molar-refractivity contribution in [2.75, 3.05) is 7.11 Å². The zero-order valence-corrected chi connectivity index (χ0v) is 20.5. The normalized spacial score (nSPS) is 12.2. The first-order chi connectivity index (χ1) is 14.2. The fourth-order valence-corrected chi connectivity index (χ4v) is 4.23. The molecular formula is C27H54O2. The van der Waals surface area contributed by atoms with Crippen molar-refractivity contribution in [2.24, 2.45) is 5.92 Å². The van der Waals surface area contributed by atoms with E-state index in [2.05, 4.69) is 18.6 Å². The van der Waals surface area contributed by atoms with E-state index in [1.807, 2.05) is 0 Å². The molecule has 0 radical (unpaired) electrons. The molecule has 0 N–H and O–H groups in total. The molecule has 0 aliphatic rings. The molecule has 0 amide bonds. The number of unbranched alkanes of at least 4 members (excludes halogenated alkanes) is 17. The van der Waals surface area contributed by atoms with Crippen LogP contribution < -0.4 is 0 Å². The van der Waals surface area contributed by atoms with Gasteiger partial charge in [-0.2, -0.15) is 0 Å². The summed E-state index contributed by atoms with van der Waals surface area (Å²) in [5.41, 5.74) is 0. The van der Waals surface area contributed by atoms with Crippen LogP contribution in [-0.2, 0) is 9.53 Å². The molecule has 0 aliphatic heterocycles. The first-order valence-electron chi connectivity index (χ1n) is 13.3. The predicted octanol–water partition coefficient (Wildman–Crippen LogP) is 9.40. The molecule has 0 saturated heterocycles. The molecule has 0 fully saturated rings. The largest absolute Gasteiger partial charge is 0.469 e. The second-order valence-corrected chi connectivity index (χ2v) is 9.37. The molecule has 1 atom stereocenters. The maximum atomic E-state index is 11.1. The lowest BCUT2D eigenvalue weighted by Gasteiger charge is -2.10. The standard InChI is InChI=1S/C27H54O2/c1-4-5-6-7-8-9-10-11-12-13-14-15-16-17-18-19-20-23-26(2)24-21-22-25-27(28)29-3/h26H,4-25H2,1-3H3/t26-/m0/s1. The molecule has 0 aromatic rings. The van der Waals surface area contributed by atoms with Crippen LogP contribution in [0.3, 0.4) is 0 Å². The molecule has 0 aromatic heterocycles. The first-order valence-corrected chi connectivity index (χ1v) is 13.3. The summed E-state index contributed by atoms with van der Waals surface area (Å²) in [4.78, 5) is 11.1.